The highest BCUT2D eigenvalue weighted by Gasteiger charge is 2.34. The summed E-state index contributed by atoms with van der Waals surface area (Å²) in [6.45, 7) is 1.01. The summed E-state index contributed by atoms with van der Waals surface area (Å²) in [5.41, 5.74) is 6.18. The Morgan fingerprint density at radius 1 is 1.25 bits per heavy atom. The van der Waals surface area contributed by atoms with Crippen LogP contribution in [0, 0.1) is 0 Å². The number of aromatic nitrogens is 2. The van der Waals surface area contributed by atoms with Crippen LogP contribution in [0.3, 0.4) is 0 Å². The minimum Gasteiger partial charge on any atom is -0.354 e. The highest BCUT2D eigenvalue weighted by Crippen LogP contribution is 2.25. The molecule has 1 aromatic heterocycles. The predicted molar refractivity (Wildman–Crippen MR) is 109 cm³/mol. The lowest BCUT2D eigenvalue weighted by Gasteiger charge is -2.34. The average molecular weight is 428 g/mol. The van der Waals surface area contributed by atoms with Gasteiger partial charge in [-0.2, -0.15) is 9.40 Å². The van der Waals surface area contributed by atoms with Crippen molar-refractivity contribution in [2.75, 3.05) is 19.6 Å². The van der Waals surface area contributed by atoms with Crippen molar-refractivity contribution in [3.05, 3.63) is 42.7 Å². The van der Waals surface area contributed by atoms with E-state index in [9.17, 15) is 13.2 Å². The van der Waals surface area contributed by atoms with E-state index in [1.807, 2.05) is 30.3 Å². The second-order valence-electron chi connectivity index (χ2n) is 6.56. The van der Waals surface area contributed by atoms with Crippen molar-refractivity contribution in [1.29, 1.82) is 0 Å². The zero-order valence-corrected chi connectivity index (χ0v) is 17.2. The molecule has 1 saturated heterocycles. The number of carbonyl (C=O) groups is 1. The van der Waals surface area contributed by atoms with E-state index in [0.717, 1.165) is 24.9 Å². The van der Waals surface area contributed by atoms with Crippen LogP contribution in [-0.4, -0.2) is 54.1 Å². The van der Waals surface area contributed by atoms with E-state index < -0.39 is 10.0 Å². The average Bonchev–Trinajstić information content (AvgIpc) is 3.19. The van der Waals surface area contributed by atoms with Gasteiger partial charge in [-0.05, 0) is 25.0 Å². The van der Waals surface area contributed by atoms with E-state index in [1.54, 1.807) is 4.68 Å². The number of rotatable bonds is 7. The number of nitrogens with one attached hydrogen (secondary N) is 1. The van der Waals surface area contributed by atoms with E-state index >= 15 is 0 Å². The van der Waals surface area contributed by atoms with Crippen molar-refractivity contribution in [3.63, 3.8) is 0 Å². The van der Waals surface area contributed by atoms with Crippen molar-refractivity contribution in [1.82, 2.24) is 19.4 Å². The number of carbonyl (C=O) groups excluding carboxylic acids is 1. The second-order valence-corrected chi connectivity index (χ2v) is 8.45. The van der Waals surface area contributed by atoms with Crippen LogP contribution in [0.2, 0.25) is 0 Å². The number of sulfonamides is 1. The van der Waals surface area contributed by atoms with E-state index in [0.29, 0.717) is 13.1 Å². The highest BCUT2D eigenvalue weighted by molar-refractivity contribution is 7.89. The molecule has 2 heterocycles. The lowest BCUT2D eigenvalue weighted by molar-refractivity contribution is -0.121. The molecule has 2 aromatic rings. The Morgan fingerprint density at radius 3 is 2.71 bits per heavy atom. The van der Waals surface area contributed by atoms with Gasteiger partial charge in [0, 0.05) is 32.1 Å². The number of nitrogens with two attached hydrogens (primary N) is 1. The molecule has 0 saturated carbocycles. The molecule has 1 aliphatic rings. The number of halogens is 1. The minimum atomic E-state index is -3.68. The molecule has 1 aromatic carbocycles. The summed E-state index contributed by atoms with van der Waals surface area (Å²) in [6.07, 6.45) is 5.61. The smallest absolute Gasteiger partial charge is 0.246 e. The van der Waals surface area contributed by atoms with Gasteiger partial charge in [0.25, 0.3) is 0 Å². The van der Waals surface area contributed by atoms with Crippen LogP contribution in [-0.2, 0) is 14.8 Å². The van der Waals surface area contributed by atoms with E-state index in [2.05, 4.69) is 10.4 Å². The van der Waals surface area contributed by atoms with Crippen LogP contribution >= 0.6 is 12.4 Å². The Kier molecular flexibility index (Phi) is 7.99. The summed E-state index contributed by atoms with van der Waals surface area (Å²) in [6, 6.07) is 9.10. The first kappa shape index (κ1) is 22.4. The number of piperidine rings is 1. The molecule has 10 heteroatoms. The van der Waals surface area contributed by atoms with Gasteiger partial charge in [0.1, 0.15) is 4.90 Å². The van der Waals surface area contributed by atoms with Gasteiger partial charge in [-0.1, -0.05) is 24.6 Å². The van der Waals surface area contributed by atoms with Crippen LogP contribution in [0.1, 0.15) is 25.7 Å². The molecule has 8 nitrogen and oxygen atoms in total. The molecule has 0 spiro atoms. The molecule has 1 fully saturated rings. The maximum Gasteiger partial charge on any atom is 0.246 e. The fourth-order valence-electron chi connectivity index (χ4n) is 3.24. The molecule has 0 radical (unpaired) electrons. The molecule has 1 amide bonds. The third-order valence-electron chi connectivity index (χ3n) is 4.67. The minimum absolute atomic E-state index is 0. The first-order valence-electron chi connectivity index (χ1n) is 9.11. The molecule has 28 heavy (non-hydrogen) atoms. The maximum atomic E-state index is 13.2. The lowest BCUT2D eigenvalue weighted by Crippen LogP contribution is -2.49. The molecule has 0 aliphatic carbocycles. The summed E-state index contributed by atoms with van der Waals surface area (Å²) in [5.74, 6) is -0.155. The Hall–Kier alpha value is -1.94. The second kappa shape index (κ2) is 10.0. The van der Waals surface area contributed by atoms with Gasteiger partial charge in [0.05, 0.1) is 18.1 Å². The van der Waals surface area contributed by atoms with Crippen molar-refractivity contribution < 1.29 is 13.2 Å². The highest BCUT2D eigenvalue weighted by atomic mass is 35.5. The largest absolute Gasteiger partial charge is 0.354 e. The molecule has 0 bridgehead atoms. The Morgan fingerprint density at radius 2 is 2.00 bits per heavy atom. The zero-order chi connectivity index (χ0) is 19.3. The van der Waals surface area contributed by atoms with Gasteiger partial charge < -0.3 is 11.1 Å². The Bertz CT molecular complexity index is 872. The standard InChI is InChI=1S/C18H25N5O3S.ClH/c19-10-9-18(24)20-12-16-8-4-5-11-23(16)27(25,26)17-13-21-22(14-17)15-6-2-1-3-7-15;/h1-3,6-7,13-14,16H,4-5,8-12,19H2,(H,20,24);1H. The molecule has 1 atom stereocenters. The fourth-order valence-corrected chi connectivity index (χ4v) is 4.87. The predicted octanol–water partition coefficient (Wildman–Crippen LogP) is 1.30. The summed E-state index contributed by atoms with van der Waals surface area (Å²) >= 11 is 0. The van der Waals surface area contributed by atoms with Crippen molar-refractivity contribution >= 4 is 28.3 Å². The van der Waals surface area contributed by atoms with Crippen LogP contribution < -0.4 is 11.1 Å². The zero-order valence-electron chi connectivity index (χ0n) is 15.5. The van der Waals surface area contributed by atoms with E-state index in [4.69, 9.17) is 5.73 Å². The summed E-state index contributed by atoms with van der Waals surface area (Å²) in [4.78, 5) is 11.9. The number of hydrogen-bond donors (Lipinski definition) is 2. The maximum absolute atomic E-state index is 13.2. The third kappa shape index (κ3) is 5.11. The van der Waals surface area contributed by atoms with Gasteiger partial charge in [-0.3, -0.25) is 4.79 Å². The monoisotopic (exact) mass is 427 g/mol. The van der Waals surface area contributed by atoms with Crippen LogP contribution in [0.5, 0.6) is 0 Å². The van der Waals surface area contributed by atoms with Crippen LogP contribution in [0.25, 0.3) is 5.69 Å². The summed E-state index contributed by atoms with van der Waals surface area (Å²) in [5, 5.41) is 6.99. The van der Waals surface area contributed by atoms with Crippen molar-refractivity contribution in [2.45, 2.75) is 36.6 Å². The van der Waals surface area contributed by atoms with Crippen LogP contribution in [0.15, 0.2) is 47.6 Å². The number of para-hydroxylation sites is 1. The van der Waals surface area contributed by atoms with E-state index in [-0.39, 0.29) is 42.2 Å². The third-order valence-corrected chi connectivity index (χ3v) is 6.57. The molecule has 1 aliphatic heterocycles. The number of amides is 1. The molecular weight excluding hydrogens is 402 g/mol. The van der Waals surface area contributed by atoms with Gasteiger partial charge in [-0.25, -0.2) is 13.1 Å². The van der Waals surface area contributed by atoms with Gasteiger partial charge >= 0.3 is 0 Å². The fraction of sp³-hybridized carbons (Fsp3) is 0.444. The molecular formula is C18H26ClN5O3S. The summed E-state index contributed by atoms with van der Waals surface area (Å²) in [7, 11) is -3.68. The Labute approximate surface area is 171 Å². The number of hydrogen-bond acceptors (Lipinski definition) is 5. The first-order chi connectivity index (χ1) is 13.0. The first-order valence-corrected chi connectivity index (χ1v) is 10.5. The normalized spacial score (nSPS) is 17.7. The van der Waals surface area contributed by atoms with Gasteiger partial charge in [-0.15, -0.1) is 12.4 Å². The molecule has 3 rings (SSSR count). The quantitative estimate of drug-likeness (QED) is 0.692. The lowest BCUT2D eigenvalue weighted by atomic mass is 10.1. The summed E-state index contributed by atoms with van der Waals surface area (Å²) < 4.78 is 29.3. The topological polar surface area (TPSA) is 110 Å². The van der Waals surface area contributed by atoms with Crippen LogP contribution in [0.4, 0.5) is 0 Å². The molecule has 1 unspecified atom stereocenters. The van der Waals surface area contributed by atoms with Gasteiger partial charge in [0.2, 0.25) is 15.9 Å². The SMILES string of the molecule is Cl.NCCC(=O)NCC1CCCCN1S(=O)(=O)c1cnn(-c2ccccc2)c1. The molecule has 3 N–H and O–H groups in total. The van der Waals surface area contributed by atoms with Crippen molar-refractivity contribution in [3.8, 4) is 5.69 Å². The van der Waals surface area contributed by atoms with E-state index in [1.165, 1.54) is 16.7 Å². The number of benzene rings is 1. The van der Waals surface area contributed by atoms with Gasteiger partial charge in [0.15, 0.2) is 0 Å². The van der Waals surface area contributed by atoms with Crippen molar-refractivity contribution in [2.24, 2.45) is 5.73 Å². The Balaban J connectivity index is 0.00000280. The molecule has 154 valence electrons. The number of nitrogens with zero attached hydrogens (tertiary/aromatic N) is 3.